The standard InChI is InChI=1S/C18H24N2O2/c1-17(2)13-7-8-18(17,3)16(10-13)20-19-11-12-5-6-14(21)15(9-12)22-4/h5-6,9,11,13,21H,7-8,10H2,1-4H3/b19-11+,20-16-. The van der Waals surface area contributed by atoms with Crippen LogP contribution in [0.1, 0.15) is 45.6 Å². The summed E-state index contributed by atoms with van der Waals surface area (Å²) in [5.41, 5.74) is 2.60. The number of aromatic hydroxyl groups is 1. The summed E-state index contributed by atoms with van der Waals surface area (Å²) in [6.45, 7) is 7.06. The lowest BCUT2D eigenvalue weighted by Gasteiger charge is -2.34. The Kier molecular flexibility index (Phi) is 3.50. The van der Waals surface area contributed by atoms with E-state index in [0.717, 1.165) is 17.9 Å². The van der Waals surface area contributed by atoms with Crippen molar-refractivity contribution in [2.45, 2.75) is 40.0 Å². The van der Waals surface area contributed by atoms with E-state index in [4.69, 9.17) is 4.74 Å². The summed E-state index contributed by atoms with van der Waals surface area (Å²) in [5, 5.41) is 18.4. The first kappa shape index (κ1) is 15.1. The van der Waals surface area contributed by atoms with Crippen LogP contribution in [-0.2, 0) is 0 Å². The van der Waals surface area contributed by atoms with E-state index in [0.29, 0.717) is 11.2 Å². The smallest absolute Gasteiger partial charge is 0.161 e. The van der Waals surface area contributed by atoms with Crippen LogP contribution in [0.3, 0.4) is 0 Å². The molecule has 0 spiro atoms. The molecule has 4 nitrogen and oxygen atoms in total. The van der Waals surface area contributed by atoms with Crippen molar-refractivity contribution in [3.8, 4) is 11.5 Å². The number of fused-ring (bicyclic) bond motifs is 2. The maximum absolute atomic E-state index is 9.60. The molecule has 0 radical (unpaired) electrons. The number of hydrogen-bond donors (Lipinski definition) is 1. The first-order valence-electron chi connectivity index (χ1n) is 7.86. The Labute approximate surface area is 131 Å². The fraction of sp³-hybridized carbons (Fsp3) is 0.556. The van der Waals surface area contributed by atoms with E-state index >= 15 is 0 Å². The van der Waals surface area contributed by atoms with Crippen LogP contribution in [0.25, 0.3) is 0 Å². The highest BCUT2D eigenvalue weighted by Crippen LogP contribution is 2.63. The third-order valence-corrected chi connectivity index (χ3v) is 6.10. The molecule has 3 rings (SSSR count). The molecule has 2 bridgehead atoms. The van der Waals surface area contributed by atoms with Gasteiger partial charge in [-0.05, 0) is 54.4 Å². The van der Waals surface area contributed by atoms with Crippen LogP contribution in [0.5, 0.6) is 11.5 Å². The molecule has 2 aliphatic rings. The summed E-state index contributed by atoms with van der Waals surface area (Å²) >= 11 is 0. The van der Waals surface area contributed by atoms with Gasteiger partial charge in [0, 0.05) is 11.1 Å². The first-order valence-corrected chi connectivity index (χ1v) is 7.86. The molecule has 2 aliphatic carbocycles. The van der Waals surface area contributed by atoms with Gasteiger partial charge in [-0.25, -0.2) is 0 Å². The van der Waals surface area contributed by atoms with Crippen LogP contribution < -0.4 is 4.74 Å². The van der Waals surface area contributed by atoms with Crippen molar-refractivity contribution in [3.63, 3.8) is 0 Å². The molecule has 0 aromatic heterocycles. The number of ether oxygens (including phenoxy) is 1. The van der Waals surface area contributed by atoms with Crippen molar-refractivity contribution in [3.05, 3.63) is 23.8 Å². The van der Waals surface area contributed by atoms with Gasteiger partial charge >= 0.3 is 0 Å². The highest BCUT2D eigenvalue weighted by Gasteiger charge is 2.59. The van der Waals surface area contributed by atoms with E-state index in [1.807, 2.05) is 0 Å². The zero-order valence-electron chi connectivity index (χ0n) is 13.8. The van der Waals surface area contributed by atoms with Gasteiger partial charge in [-0.3, -0.25) is 0 Å². The van der Waals surface area contributed by atoms with E-state index in [1.165, 1.54) is 25.7 Å². The molecule has 0 amide bonds. The maximum atomic E-state index is 9.60. The quantitative estimate of drug-likeness (QED) is 0.677. The van der Waals surface area contributed by atoms with Crippen molar-refractivity contribution in [2.24, 2.45) is 27.0 Å². The van der Waals surface area contributed by atoms with E-state index in [2.05, 4.69) is 31.0 Å². The number of benzene rings is 1. The van der Waals surface area contributed by atoms with Crippen LogP contribution in [0.15, 0.2) is 28.4 Å². The Balaban J connectivity index is 1.81. The number of hydrogen-bond acceptors (Lipinski definition) is 4. The second-order valence-corrected chi connectivity index (χ2v) is 7.22. The minimum Gasteiger partial charge on any atom is -0.504 e. The van der Waals surface area contributed by atoms with Gasteiger partial charge in [0.15, 0.2) is 11.5 Å². The molecule has 2 unspecified atom stereocenters. The van der Waals surface area contributed by atoms with Crippen molar-refractivity contribution in [1.82, 2.24) is 0 Å². The summed E-state index contributed by atoms with van der Waals surface area (Å²) in [5.74, 6) is 1.32. The largest absolute Gasteiger partial charge is 0.504 e. The summed E-state index contributed by atoms with van der Waals surface area (Å²) in [7, 11) is 1.54. The Morgan fingerprint density at radius 3 is 2.68 bits per heavy atom. The Hall–Kier alpha value is -1.84. The van der Waals surface area contributed by atoms with Gasteiger partial charge in [0.2, 0.25) is 0 Å². The summed E-state index contributed by atoms with van der Waals surface area (Å²) < 4.78 is 5.10. The van der Waals surface area contributed by atoms with Gasteiger partial charge in [-0.15, -0.1) is 0 Å². The highest BCUT2D eigenvalue weighted by molar-refractivity contribution is 5.94. The molecule has 22 heavy (non-hydrogen) atoms. The van der Waals surface area contributed by atoms with Crippen LogP contribution in [0.4, 0.5) is 0 Å². The molecule has 1 N–H and O–H groups in total. The van der Waals surface area contributed by atoms with Crippen molar-refractivity contribution in [2.75, 3.05) is 7.11 Å². The van der Waals surface area contributed by atoms with Gasteiger partial charge in [-0.2, -0.15) is 10.2 Å². The molecule has 1 aromatic carbocycles. The number of methoxy groups -OCH3 is 1. The SMILES string of the molecule is COc1cc(/C=N/N=C2/CC3CCC2(C)C3(C)C)ccc1O. The third-order valence-electron chi connectivity index (χ3n) is 6.10. The normalized spacial score (nSPS) is 31.3. The van der Waals surface area contributed by atoms with E-state index in [1.54, 1.807) is 24.4 Å². The molecule has 0 aliphatic heterocycles. The fourth-order valence-electron chi connectivity index (χ4n) is 4.02. The predicted molar refractivity (Wildman–Crippen MR) is 88.9 cm³/mol. The topological polar surface area (TPSA) is 54.2 Å². The molecule has 0 saturated heterocycles. The summed E-state index contributed by atoms with van der Waals surface area (Å²) in [4.78, 5) is 0. The van der Waals surface area contributed by atoms with E-state index < -0.39 is 0 Å². The number of rotatable bonds is 3. The average molecular weight is 300 g/mol. The molecule has 1 aromatic rings. The lowest BCUT2D eigenvalue weighted by molar-refractivity contribution is 0.194. The Morgan fingerprint density at radius 2 is 2.09 bits per heavy atom. The first-order chi connectivity index (χ1) is 10.4. The van der Waals surface area contributed by atoms with Gasteiger partial charge in [0.25, 0.3) is 0 Å². The monoisotopic (exact) mass is 300 g/mol. The van der Waals surface area contributed by atoms with Crippen LogP contribution in [0.2, 0.25) is 0 Å². The summed E-state index contributed by atoms with van der Waals surface area (Å²) in [6.07, 6.45) is 5.31. The molecule has 2 saturated carbocycles. The van der Waals surface area contributed by atoms with Crippen molar-refractivity contribution in [1.29, 1.82) is 0 Å². The fourth-order valence-corrected chi connectivity index (χ4v) is 4.02. The minimum atomic E-state index is 0.133. The summed E-state index contributed by atoms with van der Waals surface area (Å²) in [6, 6.07) is 5.16. The molecule has 4 heteroatoms. The van der Waals surface area contributed by atoms with Gasteiger partial charge in [-0.1, -0.05) is 20.8 Å². The minimum absolute atomic E-state index is 0.133. The van der Waals surface area contributed by atoms with Crippen LogP contribution in [0, 0.1) is 16.7 Å². The van der Waals surface area contributed by atoms with Gasteiger partial charge in [0.05, 0.1) is 13.3 Å². The lowest BCUT2D eigenvalue weighted by Crippen LogP contribution is -2.32. The predicted octanol–water partition coefficient (Wildman–Crippen LogP) is 4.02. The number of nitrogens with zero attached hydrogens (tertiary/aromatic N) is 2. The van der Waals surface area contributed by atoms with Crippen LogP contribution in [-0.4, -0.2) is 24.1 Å². The van der Waals surface area contributed by atoms with Crippen molar-refractivity contribution >= 4 is 11.9 Å². The average Bonchev–Trinajstić information content (AvgIpc) is 2.82. The zero-order chi connectivity index (χ0) is 16.0. The second kappa shape index (κ2) is 5.11. The number of phenols is 1. The molecule has 2 fully saturated rings. The zero-order valence-corrected chi connectivity index (χ0v) is 13.8. The van der Waals surface area contributed by atoms with E-state index in [-0.39, 0.29) is 11.2 Å². The van der Waals surface area contributed by atoms with Gasteiger partial charge in [0.1, 0.15) is 0 Å². The van der Waals surface area contributed by atoms with Gasteiger partial charge < -0.3 is 9.84 Å². The molecule has 2 atom stereocenters. The maximum Gasteiger partial charge on any atom is 0.161 e. The van der Waals surface area contributed by atoms with E-state index in [9.17, 15) is 5.11 Å². The molecular formula is C18H24N2O2. The van der Waals surface area contributed by atoms with Crippen molar-refractivity contribution < 1.29 is 9.84 Å². The highest BCUT2D eigenvalue weighted by atomic mass is 16.5. The Morgan fingerprint density at radius 1 is 1.32 bits per heavy atom. The number of phenolic OH excluding ortho intramolecular Hbond substituents is 1. The molecular weight excluding hydrogens is 276 g/mol. The molecule has 0 heterocycles. The second-order valence-electron chi connectivity index (χ2n) is 7.22. The Bertz CT molecular complexity index is 648. The van der Waals surface area contributed by atoms with Crippen LogP contribution >= 0.6 is 0 Å². The lowest BCUT2D eigenvalue weighted by atomic mass is 9.70. The molecule has 118 valence electrons. The third kappa shape index (κ3) is 2.13.